The molecule has 0 fully saturated rings. The first-order valence-corrected chi connectivity index (χ1v) is 4.30. The van der Waals surface area contributed by atoms with Gasteiger partial charge in [0.1, 0.15) is 0 Å². The van der Waals surface area contributed by atoms with Gasteiger partial charge in [-0.3, -0.25) is 0 Å². The Morgan fingerprint density at radius 1 is 1.25 bits per heavy atom. The Hall–Kier alpha value is -1.30. The minimum absolute atomic E-state index is 1.05. The lowest BCUT2D eigenvalue weighted by atomic mass is 10.1. The maximum Gasteiger partial charge on any atom is -0.0157 e. The standard InChI is InChI=1S/C12H12/c1-10-6-5-8-11-7-3-2-4-9-12(10)11/h2-3,5-9H,4H2,1H3. The summed E-state index contributed by atoms with van der Waals surface area (Å²) in [7, 11) is 0. The average molecular weight is 156 g/mol. The van der Waals surface area contributed by atoms with Crippen LogP contribution < -0.4 is 10.4 Å². The van der Waals surface area contributed by atoms with Gasteiger partial charge in [0.2, 0.25) is 0 Å². The number of fused-ring (bicyclic) bond motifs is 1. The summed E-state index contributed by atoms with van der Waals surface area (Å²) in [5.74, 6) is 0. The van der Waals surface area contributed by atoms with Crippen LogP contribution in [-0.4, -0.2) is 0 Å². The lowest BCUT2D eigenvalue weighted by Gasteiger charge is -1.93. The maximum atomic E-state index is 2.28. The molecule has 0 aliphatic heterocycles. The first kappa shape index (κ1) is 7.35. The Labute approximate surface area is 72.5 Å². The topological polar surface area (TPSA) is 0 Å². The third-order valence-corrected chi connectivity index (χ3v) is 2.23. The molecule has 0 bridgehead atoms. The molecule has 1 aromatic rings. The van der Waals surface area contributed by atoms with Crippen molar-refractivity contribution in [2.45, 2.75) is 13.3 Å². The van der Waals surface area contributed by atoms with Crippen LogP contribution in [-0.2, 0) is 0 Å². The summed E-state index contributed by atoms with van der Waals surface area (Å²) in [5, 5.41) is 2.73. The molecule has 0 unspecified atom stereocenters. The molecule has 0 heterocycles. The summed E-state index contributed by atoms with van der Waals surface area (Å²) < 4.78 is 0. The SMILES string of the molecule is Cc1cccc2c1=CCC=CC=2. The van der Waals surface area contributed by atoms with Crippen molar-refractivity contribution < 1.29 is 0 Å². The Balaban J connectivity index is 2.85. The van der Waals surface area contributed by atoms with E-state index < -0.39 is 0 Å². The van der Waals surface area contributed by atoms with E-state index in [-0.39, 0.29) is 0 Å². The number of hydrogen-bond acceptors (Lipinski definition) is 0. The first-order valence-electron chi connectivity index (χ1n) is 4.30. The van der Waals surface area contributed by atoms with Gasteiger partial charge in [0.25, 0.3) is 0 Å². The predicted octanol–water partition coefficient (Wildman–Crippen LogP) is 1.52. The summed E-state index contributed by atoms with van der Waals surface area (Å²) >= 11 is 0. The van der Waals surface area contributed by atoms with Crippen LogP contribution in [0.15, 0.2) is 30.4 Å². The number of rotatable bonds is 0. The van der Waals surface area contributed by atoms with Crippen LogP contribution in [0.3, 0.4) is 0 Å². The van der Waals surface area contributed by atoms with Gasteiger partial charge in [-0.15, -0.1) is 0 Å². The summed E-state index contributed by atoms with van der Waals surface area (Å²) in [5.41, 5.74) is 1.37. The lowest BCUT2D eigenvalue weighted by molar-refractivity contribution is 1.35. The van der Waals surface area contributed by atoms with E-state index in [0.717, 1.165) is 6.42 Å². The lowest BCUT2D eigenvalue weighted by Crippen LogP contribution is -2.25. The summed E-state index contributed by atoms with van der Waals surface area (Å²) in [6.45, 7) is 2.16. The number of benzene rings is 1. The zero-order valence-corrected chi connectivity index (χ0v) is 7.25. The highest BCUT2D eigenvalue weighted by molar-refractivity contribution is 5.45. The molecule has 0 saturated heterocycles. The Kier molecular flexibility index (Phi) is 1.83. The van der Waals surface area contributed by atoms with Crippen molar-refractivity contribution in [3.05, 3.63) is 46.4 Å². The minimum atomic E-state index is 1.05. The van der Waals surface area contributed by atoms with E-state index in [1.807, 2.05) is 0 Å². The van der Waals surface area contributed by atoms with Gasteiger partial charge in [-0.05, 0) is 29.3 Å². The molecule has 0 aromatic heterocycles. The third kappa shape index (κ3) is 1.20. The van der Waals surface area contributed by atoms with Crippen LogP contribution >= 0.6 is 0 Å². The van der Waals surface area contributed by atoms with Crippen LogP contribution in [0.25, 0.3) is 12.2 Å². The molecule has 1 aliphatic carbocycles. The molecule has 0 atom stereocenters. The second kappa shape index (κ2) is 2.98. The molecule has 12 heavy (non-hydrogen) atoms. The first-order chi connectivity index (χ1) is 5.88. The van der Waals surface area contributed by atoms with Crippen LogP contribution in [0.4, 0.5) is 0 Å². The molecule has 60 valence electrons. The highest BCUT2D eigenvalue weighted by Gasteiger charge is 1.90. The largest absolute Gasteiger partial charge is 0.0807 e. The molecule has 0 amide bonds. The molecule has 0 N–H and O–H groups in total. The molecule has 0 spiro atoms. The van der Waals surface area contributed by atoms with Crippen LogP contribution in [0.2, 0.25) is 0 Å². The average Bonchev–Trinajstić information content (AvgIpc) is 2.30. The van der Waals surface area contributed by atoms with Gasteiger partial charge in [-0.2, -0.15) is 0 Å². The second-order valence-corrected chi connectivity index (χ2v) is 3.11. The highest BCUT2D eigenvalue weighted by atomic mass is 14.0. The fraction of sp³-hybridized carbons (Fsp3) is 0.167. The third-order valence-electron chi connectivity index (χ3n) is 2.23. The van der Waals surface area contributed by atoms with Crippen molar-refractivity contribution in [1.29, 1.82) is 0 Å². The normalized spacial score (nSPS) is 14.1. The summed E-state index contributed by atoms with van der Waals surface area (Å²) in [6, 6.07) is 6.43. The Morgan fingerprint density at radius 3 is 3.08 bits per heavy atom. The fourth-order valence-corrected chi connectivity index (χ4v) is 1.56. The van der Waals surface area contributed by atoms with E-state index in [4.69, 9.17) is 0 Å². The van der Waals surface area contributed by atoms with Crippen LogP contribution in [0.1, 0.15) is 12.0 Å². The highest BCUT2D eigenvalue weighted by Crippen LogP contribution is 1.91. The van der Waals surface area contributed by atoms with Crippen LogP contribution in [0.5, 0.6) is 0 Å². The Bertz CT molecular complexity index is 422. The second-order valence-electron chi connectivity index (χ2n) is 3.11. The number of allylic oxidation sites excluding steroid dienone is 2. The van der Waals surface area contributed by atoms with Crippen molar-refractivity contribution in [2.75, 3.05) is 0 Å². The van der Waals surface area contributed by atoms with E-state index in [1.54, 1.807) is 0 Å². The number of hydrogen-bond donors (Lipinski definition) is 0. The quantitative estimate of drug-likeness (QED) is 0.534. The zero-order chi connectivity index (χ0) is 8.39. The van der Waals surface area contributed by atoms with E-state index in [2.05, 4.69) is 49.4 Å². The van der Waals surface area contributed by atoms with Gasteiger partial charge < -0.3 is 0 Å². The van der Waals surface area contributed by atoms with E-state index >= 15 is 0 Å². The van der Waals surface area contributed by atoms with Crippen molar-refractivity contribution in [2.24, 2.45) is 0 Å². The molecular formula is C12H12. The van der Waals surface area contributed by atoms with E-state index in [1.165, 1.54) is 16.0 Å². The monoisotopic (exact) mass is 156 g/mol. The van der Waals surface area contributed by atoms with Gasteiger partial charge in [0, 0.05) is 0 Å². The minimum Gasteiger partial charge on any atom is -0.0807 e. The van der Waals surface area contributed by atoms with Gasteiger partial charge >= 0.3 is 0 Å². The van der Waals surface area contributed by atoms with Gasteiger partial charge in [0.05, 0.1) is 0 Å². The van der Waals surface area contributed by atoms with Crippen molar-refractivity contribution in [1.82, 2.24) is 0 Å². The van der Waals surface area contributed by atoms with Crippen molar-refractivity contribution in [3.8, 4) is 0 Å². The molecule has 2 rings (SSSR count). The van der Waals surface area contributed by atoms with Gasteiger partial charge in [-0.25, -0.2) is 0 Å². The van der Waals surface area contributed by atoms with E-state index in [0.29, 0.717) is 0 Å². The zero-order valence-electron chi connectivity index (χ0n) is 7.25. The summed E-state index contributed by atoms with van der Waals surface area (Å²) in [6.07, 6.45) is 9.81. The van der Waals surface area contributed by atoms with Gasteiger partial charge in [0.15, 0.2) is 0 Å². The molecule has 0 radical (unpaired) electrons. The van der Waals surface area contributed by atoms with Crippen LogP contribution in [0, 0.1) is 6.92 Å². The predicted molar refractivity (Wildman–Crippen MR) is 53.1 cm³/mol. The van der Waals surface area contributed by atoms with E-state index in [9.17, 15) is 0 Å². The molecule has 0 heteroatoms. The van der Waals surface area contributed by atoms with Crippen molar-refractivity contribution in [3.63, 3.8) is 0 Å². The maximum absolute atomic E-state index is 2.28. The molecule has 1 aliphatic rings. The summed E-state index contributed by atoms with van der Waals surface area (Å²) in [4.78, 5) is 0. The molecule has 0 nitrogen and oxygen atoms in total. The molecule has 1 aromatic carbocycles. The molecular weight excluding hydrogens is 144 g/mol. The van der Waals surface area contributed by atoms with Crippen molar-refractivity contribution >= 4 is 12.2 Å². The molecule has 0 saturated carbocycles. The Morgan fingerprint density at radius 2 is 2.17 bits per heavy atom. The smallest absolute Gasteiger partial charge is 0.0157 e. The fourth-order valence-electron chi connectivity index (χ4n) is 1.56. The number of aryl methyl sites for hydroxylation is 1. The van der Waals surface area contributed by atoms with Gasteiger partial charge in [-0.1, -0.05) is 42.5 Å².